The van der Waals surface area contributed by atoms with Crippen LogP contribution in [0, 0.1) is 0 Å². The minimum Gasteiger partial charge on any atom is -0.506 e. The van der Waals surface area contributed by atoms with E-state index >= 15 is 0 Å². The standard InChI is InChI=1S/C11H7ClO3/c12-9-5-8-6(4-10(9)13)2-1-3-7(8)11(14)15/h1-5,13H,(H,14,15). The predicted molar refractivity (Wildman–Crippen MR) is 57.6 cm³/mol. The average molecular weight is 223 g/mol. The lowest BCUT2D eigenvalue weighted by atomic mass is 10.0. The van der Waals surface area contributed by atoms with Crippen LogP contribution in [0.2, 0.25) is 5.02 Å². The fourth-order valence-corrected chi connectivity index (χ4v) is 1.64. The second-order valence-electron chi connectivity index (χ2n) is 3.14. The zero-order chi connectivity index (χ0) is 11.0. The van der Waals surface area contributed by atoms with E-state index in [9.17, 15) is 9.90 Å². The number of aromatic carboxylic acids is 1. The lowest BCUT2D eigenvalue weighted by Gasteiger charge is -2.04. The van der Waals surface area contributed by atoms with Gasteiger partial charge in [-0.15, -0.1) is 0 Å². The molecule has 0 saturated heterocycles. The van der Waals surface area contributed by atoms with Crippen LogP contribution in [-0.4, -0.2) is 16.2 Å². The van der Waals surface area contributed by atoms with Crippen molar-refractivity contribution in [2.75, 3.05) is 0 Å². The number of rotatable bonds is 1. The van der Waals surface area contributed by atoms with Crippen LogP contribution in [0.4, 0.5) is 0 Å². The maximum Gasteiger partial charge on any atom is 0.336 e. The Balaban J connectivity index is 2.86. The Hall–Kier alpha value is -1.74. The highest BCUT2D eigenvalue weighted by molar-refractivity contribution is 6.33. The molecule has 0 bridgehead atoms. The maximum atomic E-state index is 10.9. The molecule has 0 amide bonds. The Bertz CT molecular complexity index is 549. The van der Waals surface area contributed by atoms with Gasteiger partial charge in [-0.1, -0.05) is 23.7 Å². The second kappa shape index (κ2) is 3.44. The molecule has 4 heteroatoms. The highest BCUT2D eigenvalue weighted by atomic mass is 35.5. The zero-order valence-corrected chi connectivity index (χ0v) is 8.32. The molecule has 0 fully saturated rings. The van der Waals surface area contributed by atoms with Gasteiger partial charge >= 0.3 is 5.97 Å². The summed E-state index contributed by atoms with van der Waals surface area (Å²) >= 11 is 5.72. The first-order valence-electron chi connectivity index (χ1n) is 4.24. The molecular weight excluding hydrogens is 216 g/mol. The van der Waals surface area contributed by atoms with E-state index in [-0.39, 0.29) is 16.3 Å². The monoisotopic (exact) mass is 222 g/mol. The van der Waals surface area contributed by atoms with E-state index in [1.807, 2.05) is 0 Å². The fraction of sp³-hybridized carbons (Fsp3) is 0. The lowest BCUT2D eigenvalue weighted by Crippen LogP contribution is -1.96. The summed E-state index contributed by atoms with van der Waals surface area (Å²) in [5, 5.41) is 19.6. The molecule has 2 aromatic rings. The predicted octanol–water partition coefficient (Wildman–Crippen LogP) is 2.90. The van der Waals surface area contributed by atoms with E-state index in [4.69, 9.17) is 16.7 Å². The van der Waals surface area contributed by atoms with Crippen LogP contribution in [0.1, 0.15) is 10.4 Å². The first-order valence-corrected chi connectivity index (χ1v) is 4.62. The van der Waals surface area contributed by atoms with Crippen LogP contribution in [0.15, 0.2) is 30.3 Å². The summed E-state index contributed by atoms with van der Waals surface area (Å²) in [6.45, 7) is 0. The van der Waals surface area contributed by atoms with Crippen LogP contribution in [0.5, 0.6) is 5.75 Å². The molecule has 0 spiro atoms. The number of fused-ring (bicyclic) bond motifs is 1. The highest BCUT2D eigenvalue weighted by Gasteiger charge is 2.10. The molecule has 0 heterocycles. The van der Waals surface area contributed by atoms with Gasteiger partial charge in [-0.3, -0.25) is 0 Å². The van der Waals surface area contributed by atoms with Crippen molar-refractivity contribution in [2.24, 2.45) is 0 Å². The largest absolute Gasteiger partial charge is 0.506 e. The number of aromatic hydroxyl groups is 1. The average Bonchev–Trinajstić information content (AvgIpc) is 2.18. The Morgan fingerprint density at radius 3 is 2.67 bits per heavy atom. The number of benzene rings is 2. The lowest BCUT2D eigenvalue weighted by molar-refractivity contribution is 0.0699. The minimum atomic E-state index is -1.01. The Labute approximate surface area is 90.5 Å². The molecule has 76 valence electrons. The van der Waals surface area contributed by atoms with Crippen molar-refractivity contribution in [1.82, 2.24) is 0 Å². The van der Waals surface area contributed by atoms with E-state index in [1.165, 1.54) is 18.2 Å². The van der Waals surface area contributed by atoms with Crippen LogP contribution in [-0.2, 0) is 0 Å². The highest BCUT2D eigenvalue weighted by Crippen LogP contribution is 2.30. The summed E-state index contributed by atoms with van der Waals surface area (Å²) in [6, 6.07) is 7.74. The van der Waals surface area contributed by atoms with Gasteiger partial charge in [-0.05, 0) is 29.0 Å². The summed E-state index contributed by atoms with van der Waals surface area (Å²) < 4.78 is 0. The summed E-state index contributed by atoms with van der Waals surface area (Å²) in [5.74, 6) is -1.06. The molecule has 2 N–H and O–H groups in total. The maximum absolute atomic E-state index is 10.9. The van der Waals surface area contributed by atoms with Crippen LogP contribution >= 0.6 is 11.6 Å². The molecule has 2 rings (SSSR count). The van der Waals surface area contributed by atoms with Crippen LogP contribution in [0.25, 0.3) is 10.8 Å². The van der Waals surface area contributed by atoms with Crippen molar-refractivity contribution >= 4 is 28.3 Å². The van der Waals surface area contributed by atoms with E-state index < -0.39 is 5.97 Å². The third-order valence-electron chi connectivity index (χ3n) is 2.18. The van der Waals surface area contributed by atoms with Gasteiger partial charge in [-0.2, -0.15) is 0 Å². The molecular formula is C11H7ClO3. The molecule has 0 aliphatic carbocycles. The van der Waals surface area contributed by atoms with E-state index in [0.29, 0.717) is 10.8 Å². The number of carboxylic acids is 1. The van der Waals surface area contributed by atoms with Crippen molar-refractivity contribution in [3.63, 3.8) is 0 Å². The fourth-order valence-electron chi connectivity index (χ4n) is 1.47. The minimum absolute atomic E-state index is 0.0493. The van der Waals surface area contributed by atoms with Gasteiger partial charge in [0, 0.05) is 0 Å². The van der Waals surface area contributed by atoms with Crippen LogP contribution in [0.3, 0.4) is 0 Å². The van der Waals surface area contributed by atoms with Gasteiger partial charge in [0.2, 0.25) is 0 Å². The quantitative estimate of drug-likeness (QED) is 0.780. The Morgan fingerprint density at radius 1 is 1.27 bits per heavy atom. The molecule has 0 aromatic heterocycles. The molecule has 2 aromatic carbocycles. The topological polar surface area (TPSA) is 57.5 Å². The van der Waals surface area contributed by atoms with Gasteiger partial charge in [0.25, 0.3) is 0 Å². The van der Waals surface area contributed by atoms with Crippen molar-refractivity contribution < 1.29 is 15.0 Å². The third kappa shape index (κ3) is 1.62. The molecule has 0 unspecified atom stereocenters. The smallest absolute Gasteiger partial charge is 0.336 e. The van der Waals surface area contributed by atoms with E-state index in [2.05, 4.69) is 0 Å². The number of carbonyl (C=O) groups is 1. The molecule has 0 aliphatic rings. The van der Waals surface area contributed by atoms with Gasteiger partial charge in [0.1, 0.15) is 5.75 Å². The first-order chi connectivity index (χ1) is 7.09. The molecule has 0 radical (unpaired) electrons. The Kier molecular flexibility index (Phi) is 2.25. The first kappa shape index (κ1) is 9.80. The molecule has 0 atom stereocenters. The molecule has 0 aliphatic heterocycles. The third-order valence-corrected chi connectivity index (χ3v) is 2.48. The van der Waals surface area contributed by atoms with E-state index in [1.54, 1.807) is 12.1 Å². The number of carboxylic acid groups (broad SMARTS) is 1. The summed E-state index contributed by atoms with van der Waals surface area (Å²) in [5.41, 5.74) is 0.175. The van der Waals surface area contributed by atoms with Crippen molar-refractivity contribution in [3.05, 3.63) is 40.9 Å². The summed E-state index contributed by atoms with van der Waals surface area (Å²) in [7, 11) is 0. The van der Waals surface area contributed by atoms with Gasteiger partial charge < -0.3 is 10.2 Å². The number of hydrogen-bond acceptors (Lipinski definition) is 2. The van der Waals surface area contributed by atoms with E-state index in [0.717, 1.165) is 0 Å². The molecule has 15 heavy (non-hydrogen) atoms. The SMILES string of the molecule is O=C(O)c1cccc2cc(O)c(Cl)cc12. The van der Waals surface area contributed by atoms with Gasteiger partial charge in [0.15, 0.2) is 0 Å². The van der Waals surface area contributed by atoms with Crippen molar-refractivity contribution in [1.29, 1.82) is 0 Å². The number of phenolic OH excluding ortho intramolecular Hbond substituents is 1. The number of halogens is 1. The molecule has 3 nitrogen and oxygen atoms in total. The summed E-state index contributed by atoms with van der Waals surface area (Å²) in [6.07, 6.45) is 0. The van der Waals surface area contributed by atoms with Crippen LogP contribution < -0.4 is 0 Å². The van der Waals surface area contributed by atoms with Crippen molar-refractivity contribution in [2.45, 2.75) is 0 Å². The summed E-state index contributed by atoms with van der Waals surface area (Å²) in [4.78, 5) is 10.9. The van der Waals surface area contributed by atoms with Crippen molar-refractivity contribution in [3.8, 4) is 5.75 Å². The number of hydrogen-bond donors (Lipinski definition) is 2. The van der Waals surface area contributed by atoms with Gasteiger partial charge in [-0.25, -0.2) is 4.79 Å². The second-order valence-corrected chi connectivity index (χ2v) is 3.54. The zero-order valence-electron chi connectivity index (χ0n) is 7.57. The Morgan fingerprint density at radius 2 is 2.00 bits per heavy atom. The molecule has 0 saturated carbocycles. The number of phenols is 1. The normalized spacial score (nSPS) is 10.5. The van der Waals surface area contributed by atoms with Gasteiger partial charge in [0.05, 0.1) is 10.6 Å².